The molecule has 4 heteroatoms. The normalized spacial score (nSPS) is 18.1. The smallest absolute Gasteiger partial charge is 0.191 e. The predicted molar refractivity (Wildman–Crippen MR) is 102 cm³/mol. The van der Waals surface area contributed by atoms with Crippen LogP contribution in [0.1, 0.15) is 45.1 Å². The highest BCUT2D eigenvalue weighted by Gasteiger charge is 2.38. The summed E-state index contributed by atoms with van der Waals surface area (Å²) >= 11 is 0. The lowest BCUT2D eigenvalue weighted by Gasteiger charge is -2.43. The lowest BCUT2D eigenvalue weighted by Crippen LogP contribution is -2.50. The number of aliphatic imine (C=N–C) groups is 1. The van der Waals surface area contributed by atoms with E-state index in [-0.39, 0.29) is 24.0 Å². The van der Waals surface area contributed by atoms with Crippen LogP contribution < -0.4 is 10.6 Å². The molecule has 1 aliphatic rings. The summed E-state index contributed by atoms with van der Waals surface area (Å²) in [7, 11) is 1.84. The van der Waals surface area contributed by atoms with E-state index in [2.05, 4.69) is 59.8 Å². The first-order valence-electron chi connectivity index (χ1n) is 7.73. The van der Waals surface area contributed by atoms with E-state index in [9.17, 15) is 0 Å². The van der Waals surface area contributed by atoms with Crippen LogP contribution in [0, 0.1) is 0 Å². The number of guanidine groups is 1. The Hall–Kier alpha value is -0.780. The number of hydrogen-bond donors (Lipinski definition) is 2. The molecule has 0 aromatic heterocycles. The largest absolute Gasteiger partial charge is 0.356 e. The minimum absolute atomic E-state index is 0. The molecule has 0 radical (unpaired) electrons. The van der Waals surface area contributed by atoms with Crippen molar-refractivity contribution in [3.8, 4) is 0 Å². The average molecular weight is 401 g/mol. The van der Waals surface area contributed by atoms with Gasteiger partial charge in [0.1, 0.15) is 0 Å². The van der Waals surface area contributed by atoms with Gasteiger partial charge in [-0.1, -0.05) is 43.7 Å². The van der Waals surface area contributed by atoms with Gasteiger partial charge in [-0.05, 0) is 31.7 Å². The van der Waals surface area contributed by atoms with Crippen LogP contribution in [0.4, 0.5) is 0 Å². The Morgan fingerprint density at radius 3 is 2.43 bits per heavy atom. The molecule has 1 aromatic rings. The Morgan fingerprint density at radius 2 is 1.95 bits per heavy atom. The van der Waals surface area contributed by atoms with Gasteiger partial charge in [0, 0.05) is 25.0 Å². The molecule has 0 aliphatic heterocycles. The first-order valence-corrected chi connectivity index (χ1v) is 7.73. The fraction of sp³-hybridized carbons (Fsp3) is 0.588. The third kappa shape index (κ3) is 4.59. The minimum Gasteiger partial charge on any atom is -0.356 e. The van der Waals surface area contributed by atoms with E-state index >= 15 is 0 Å². The fourth-order valence-corrected chi connectivity index (χ4v) is 2.75. The molecule has 1 atom stereocenters. The summed E-state index contributed by atoms with van der Waals surface area (Å²) in [6, 6.07) is 11.3. The molecule has 0 heterocycles. The van der Waals surface area contributed by atoms with Crippen LogP contribution in [0.5, 0.6) is 0 Å². The molecule has 0 spiro atoms. The molecule has 1 aliphatic carbocycles. The molecule has 21 heavy (non-hydrogen) atoms. The van der Waals surface area contributed by atoms with Crippen LogP contribution in [-0.4, -0.2) is 25.6 Å². The number of halogens is 1. The van der Waals surface area contributed by atoms with Gasteiger partial charge in [0.25, 0.3) is 0 Å². The van der Waals surface area contributed by atoms with E-state index in [0.717, 1.165) is 18.9 Å². The molecule has 0 amide bonds. The van der Waals surface area contributed by atoms with Crippen molar-refractivity contribution in [2.75, 3.05) is 13.6 Å². The van der Waals surface area contributed by atoms with Gasteiger partial charge in [0.15, 0.2) is 5.96 Å². The maximum absolute atomic E-state index is 4.33. The third-order valence-electron chi connectivity index (χ3n) is 4.51. The standard InChI is InChI=1S/C17H27N3.HI/c1-4-14(2)20-16(18-3)19-13-17(11-8-12-17)15-9-6-5-7-10-15;/h5-7,9-10,14H,4,8,11-13H2,1-3H3,(H2,18,19,20);1H. The van der Waals surface area contributed by atoms with E-state index < -0.39 is 0 Å². The molecule has 2 N–H and O–H groups in total. The topological polar surface area (TPSA) is 36.4 Å². The van der Waals surface area contributed by atoms with Crippen LogP contribution in [0.25, 0.3) is 0 Å². The van der Waals surface area contributed by atoms with Gasteiger partial charge in [0.05, 0.1) is 0 Å². The lowest BCUT2D eigenvalue weighted by atomic mass is 9.64. The van der Waals surface area contributed by atoms with E-state index in [1.165, 1.54) is 24.8 Å². The molecule has 1 fully saturated rings. The zero-order valence-corrected chi connectivity index (χ0v) is 15.7. The highest BCUT2D eigenvalue weighted by atomic mass is 127. The Kier molecular flexibility index (Phi) is 7.49. The molecule has 0 saturated heterocycles. The highest BCUT2D eigenvalue weighted by molar-refractivity contribution is 14.0. The number of hydrogen-bond acceptors (Lipinski definition) is 1. The zero-order valence-electron chi connectivity index (χ0n) is 13.4. The van der Waals surface area contributed by atoms with E-state index in [0.29, 0.717) is 11.5 Å². The van der Waals surface area contributed by atoms with E-state index in [4.69, 9.17) is 0 Å². The Labute approximate surface area is 146 Å². The second kappa shape index (κ2) is 8.61. The summed E-state index contributed by atoms with van der Waals surface area (Å²) in [5.41, 5.74) is 1.76. The molecule has 3 nitrogen and oxygen atoms in total. The molecule has 2 rings (SSSR count). The predicted octanol–water partition coefficient (Wildman–Crippen LogP) is 3.69. The van der Waals surface area contributed by atoms with Crippen molar-refractivity contribution < 1.29 is 0 Å². The van der Waals surface area contributed by atoms with Crippen molar-refractivity contribution in [3.63, 3.8) is 0 Å². The van der Waals surface area contributed by atoms with E-state index in [1.54, 1.807) is 0 Å². The van der Waals surface area contributed by atoms with Crippen molar-refractivity contribution in [1.82, 2.24) is 10.6 Å². The van der Waals surface area contributed by atoms with Gasteiger partial charge in [-0.25, -0.2) is 0 Å². The number of benzene rings is 1. The molecule has 1 unspecified atom stereocenters. The van der Waals surface area contributed by atoms with Crippen LogP contribution in [-0.2, 0) is 5.41 Å². The summed E-state index contributed by atoms with van der Waals surface area (Å²) in [5.74, 6) is 0.918. The molecule has 118 valence electrons. The number of nitrogens with one attached hydrogen (secondary N) is 2. The highest BCUT2D eigenvalue weighted by Crippen LogP contribution is 2.43. The fourth-order valence-electron chi connectivity index (χ4n) is 2.75. The van der Waals surface area contributed by atoms with Crippen LogP contribution >= 0.6 is 24.0 Å². The molecule has 1 aromatic carbocycles. The van der Waals surface area contributed by atoms with Gasteiger partial charge >= 0.3 is 0 Å². The lowest BCUT2D eigenvalue weighted by molar-refractivity contribution is 0.243. The quantitative estimate of drug-likeness (QED) is 0.449. The van der Waals surface area contributed by atoms with E-state index in [1.807, 2.05) is 7.05 Å². The SMILES string of the molecule is CCC(C)NC(=NC)NCC1(c2ccccc2)CCC1.I. The van der Waals surface area contributed by atoms with Crippen molar-refractivity contribution in [2.45, 2.75) is 51.0 Å². The van der Waals surface area contributed by atoms with Crippen molar-refractivity contribution >= 4 is 29.9 Å². The zero-order chi connectivity index (χ0) is 14.4. The first kappa shape index (κ1) is 18.3. The average Bonchev–Trinajstić information content (AvgIpc) is 2.45. The number of nitrogens with zero attached hydrogens (tertiary/aromatic N) is 1. The molecular weight excluding hydrogens is 373 g/mol. The van der Waals surface area contributed by atoms with Gasteiger partial charge < -0.3 is 10.6 Å². The molecule has 1 saturated carbocycles. The monoisotopic (exact) mass is 401 g/mol. The maximum Gasteiger partial charge on any atom is 0.191 e. The summed E-state index contributed by atoms with van der Waals surface area (Å²) in [5, 5.41) is 6.94. The molecular formula is C17H28IN3. The van der Waals surface area contributed by atoms with Gasteiger partial charge in [-0.3, -0.25) is 4.99 Å². The molecule has 0 bridgehead atoms. The summed E-state index contributed by atoms with van der Waals surface area (Å²) < 4.78 is 0. The Bertz CT molecular complexity index is 441. The van der Waals surface area contributed by atoms with Crippen LogP contribution in [0.15, 0.2) is 35.3 Å². The summed E-state index contributed by atoms with van der Waals surface area (Å²) in [4.78, 5) is 4.33. The van der Waals surface area contributed by atoms with Crippen molar-refractivity contribution in [1.29, 1.82) is 0 Å². The second-order valence-corrected chi connectivity index (χ2v) is 5.88. The Morgan fingerprint density at radius 1 is 1.29 bits per heavy atom. The van der Waals surface area contributed by atoms with Gasteiger partial charge in [-0.2, -0.15) is 0 Å². The van der Waals surface area contributed by atoms with Gasteiger partial charge in [0.2, 0.25) is 0 Å². The second-order valence-electron chi connectivity index (χ2n) is 5.88. The van der Waals surface area contributed by atoms with Crippen molar-refractivity contribution in [3.05, 3.63) is 35.9 Å². The maximum atomic E-state index is 4.33. The summed E-state index contributed by atoms with van der Waals surface area (Å²) in [6.07, 6.45) is 4.97. The van der Waals surface area contributed by atoms with Gasteiger partial charge in [-0.15, -0.1) is 24.0 Å². The van der Waals surface area contributed by atoms with Crippen LogP contribution in [0.3, 0.4) is 0 Å². The third-order valence-corrected chi connectivity index (χ3v) is 4.51. The first-order chi connectivity index (χ1) is 9.70. The Balaban J connectivity index is 0.00000220. The minimum atomic E-state index is 0. The van der Waals surface area contributed by atoms with Crippen molar-refractivity contribution in [2.24, 2.45) is 4.99 Å². The number of rotatable bonds is 5. The summed E-state index contributed by atoms with van der Waals surface area (Å²) in [6.45, 7) is 5.33. The van der Waals surface area contributed by atoms with Crippen LogP contribution in [0.2, 0.25) is 0 Å².